The van der Waals surface area contributed by atoms with Gasteiger partial charge in [0.1, 0.15) is 19.3 Å². The van der Waals surface area contributed by atoms with Crippen LogP contribution in [0.4, 0.5) is 0 Å². The normalized spacial score (nSPS) is 20.9. The largest absolute Gasteiger partial charge is 0.463 e. The molecule has 1 saturated carbocycles. The van der Waals surface area contributed by atoms with Crippen molar-refractivity contribution in [1.82, 2.24) is 0 Å². The summed E-state index contributed by atoms with van der Waals surface area (Å²) in [6.07, 6.45) is 29.3. The van der Waals surface area contributed by atoms with Crippen LogP contribution in [0.5, 0.6) is 0 Å². The quantitative estimate of drug-likeness (QED) is 0.0327. The molecular formula is C40H72O8. The Hall–Kier alpha value is -1.74. The first-order valence-corrected chi connectivity index (χ1v) is 19.6. The third-order valence-corrected chi connectivity index (χ3v) is 9.54. The molecule has 1 fully saturated rings. The van der Waals surface area contributed by atoms with E-state index in [0.717, 1.165) is 38.5 Å². The number of allylic oxidation sites excluding steroid dienone is 1. The van der Waals surface area contributed by atoms with Crippen molar-refractivity contribution in [3.05, 3.63) is 24.3 Å². The van der Waals surface area contributed by atoms with Crippen molar-refractivity contribution in [2.45, 2.75) is 192 Å². The molecule has 0 spiro atoms. The number of hydrogen-bond acceptors (Lipinski definition) is 8. The molecule has 0 unspecified atom stereocenters. The van der Waals surface area contributed by atoms with Crippen LogP contribution >= 0.6 is 0 Å². The first-order valence-electron chi connectivity index (χ1n) is 19.6. The molecular weight excluding hydrogens is 608 g/mol. The Bertz CT molecular complexity index is 843. The van der Waals surface area contributed by atoms with Crippen molar-refractivity contribution < 1.29 is 39.5 Å². The van der Waals surface area contributed by atoms with Gasteiger partial charge >= 0.3 is 11.9 Å². The SMILES string of the molecule is CCCCCCCCCCCCCCCCCCC(=O)OC[C@H](O)COC(=O)C/C=C\C[C@H]1[C@@H](/C=C/[C@H](O)CCCCC)[C@H](O)C[C@@H]1O. The number of aliphatic hydroxyl groups is 4. The zero-order valence-corrected chi connectivity index (χ0v) is 30.6. The molecule has 48 heavy (non-hydrogen) atoms. The van der Waals surface area contributed by atoms with E-state index in [4.69, 9.17) is 9.47 Å². The Morgan fingerprint density at radius 2 is 1.17 bits per heavy atom. The summed E-state index contributed by atoms with van der Waals surface area (Å²) >= 11 is 0. The van der Waals surface area contributed by atoms with Gasteiger partial charge in [0, 0.05) is 18.8 Å². The fourth-order valence-electron chi connectivity index (χ4n) is 6.47. The lowest BCUT2D eigenvalue weighted by atomic mass is 9.89. The van der Waals surface area contributed by atoms with Crippen LogP contribution in [0.25, 0.3) is 0 Å². The molecule has 0 radical (unpaired) electrons. The molecule has 0 heterocycles. The van der Waals surface area contributed by atoms with Crippen molar-refractivity contribution in [3.8, 4) is 0 Å². The summed E-state index contributed by atoms with van der Waals surface area (Å²) < 4.78 is 10.3. The predicted octanol–water partition coefficient (Wildman–Crippen LogP) is 8.28. The highest BCUT2D eigenvalue weighted by atomic mass is 16.6. The highest BCUT2D eigenvalue weighted by Crippen LogP contribution is 2.36. The Labute approximate surface area is 292 Å². The van der Waals surface area contributed by atoms with Crippen molar-refractivity contribution in [2.75, 3.05) is 13.2 Å². The van der Waals surface area contributed by atoms with Gasteiger partial charge in [-0.25, -0.2) is 0 Å². The van der Waals surface area contributed by atoms with Crippen molar-refractivity contribution in [2.24, 2.45) is 11.8 Å². The molecule has 0 amide bonds. The van der Waals surface area contributed by atoms with Gasteiger partial charge in [0.25, 0.3) is 0 Å². The van der Waals surface area contributed by atoms with E-state index >= 15 is 0 Å². The average Bonchev–Trinajstić information content (AvgIpc) is 3.34. The number of carbonyl (C=O) groups excluding carboxylic acids is 2. The van der Waals surface area contributed by atoms with E-state index in [0.29, 0.717) is 19.3 Å². The van der Waals surface area contributed by atoms with Crippen LogP contribution in [-0.2, 0) is 19.1 Å². The molecule has 0 aromatic rings. The maximum Gasteiger partial charge on any atom is 0.309 e. The minimum atomic E-state index is -1.08. The van der Waals surface area contributed by atoms with Gasteiger partial charge in [0.15, 0.2) is 0 Å². The summed E-state index contributed by atoms with van der Waals surface area (Å²) in [6, 6.07) is 0. The fraction of sp³-hybridized carbons (Fsp3) is 0.850. The van der Waals surface area contributed by atoms with Gasteiger partial charge in [-0.15, -0.1) is 0 Å². The highest BCUT2D eigenvalue weighted by Gasteiger charge is 2.39. The molecule has 0 aromatic carbocycles. The van der Waals surface area contributed by atoms with Gasteiger partial charge in [-0.05, 0) is 25.2 Å². The lowest BCUT2D eigenvalue weighted by molar-refractivity contribution is -0.151. The molecule has 8 nitrogen and oxygen atoms in total. The number of aliphatic hydroxyl groups excluding tert-OH is 4. The Kier molecular flexibility index (Phi) is 27.8. The van der Waals surface area contributed by atoms with Gasteiger partial charge in [0.2, 0.25) is 0 Å². The summed E-state index contributed by atoms with van der Waals surface area (Å²) in [7, 11) is 0. The van der Waals surface area contributed by atoms with E-state index in [9.17, 15) is 30.0 Å². The van der Waals surface area contributed by atoms with Crippen LogP contribution in [0.1, 0.15) is 168 Å². The molecule has 0 bridgehead atoms. The topological polar surface area (TPSA) is 134 Å². The van der Waals surface area contributed by atoms with Crippen molar-refractivity contribution in [1.29, 1.82) is 0 Å². The van der Waals surface area contributed by atoms with Gasteiger partial charge in [0.05, 0.1) is 24.7 Å². The summed E-state index contributed by atoms with van der Waals surface area (Å²) in [6.45, 7) is 3.92. The van der Waals surface area contributed by atoms with Crippen molar-refractivity contribution in [3.63, 3.8) is 0 Å². The minimum Gasteiger partial charge on any atom is -0.463 e. The van der Waals surface area contributed by atoms with Crippen LogP contribution < -0.4 is 0 Å². The summed E-state index contributed by atoms with van der Waals surface area (Å²) in [5, 5.41) is 41.1. The minimum absolute atomic E-state index is 0.00772. The molecule has 1 rings (SSSR count). The maximum atomic E-state index is 12.1. The monoisotopic (exact) mass is 681 g/mol. The first kappa shape index (κ1) is 44.3. The number of carbonyl (C=O) groups is 2. The number of hydrogen-bond donors (Lipinski definition) is 4. The number of ether oxygens (including phenoxy) is 2. The molecule has 6 atom stereocenters. The molecule has 8 heteroatoms. The lowest BCUT2D eigenvalue weighted by Gasteiger charge is -2.19. The van der Waals surface area contributed by atoms with Crippen LogP contribution in [0.15, 0.2) is 24.3 Å². The predicted molar refractivity (Wildman–Crippen MR) is 193 cm³/mol. The summed E-state index contributed by atoms with van der Waals surface area (Å²) in [5.74, 6) is -1.32. The van der Waals surface area contributed by atoms with Crippen LogP contribution in [0.2, 0.25) is 0 Å². The second-order valence-corrected chi connectivity index (χ2v) is 14.0. The summed E-state index contributed by atoms with van der Waals surface area (Å²) in [5.41, 5.74) is 0. The van der Waals surface area contributed by atoms with E-state index in [2.05, 4.69) is 13.8 Å². The zero-order chi connectivity index (χ0) is 35.2. The van der Waals surface area contributed by atoms with Gasteiger partial charge in [-0.1, -0.05) is 154 Å². The Morgan fingerprint density at radius 3 is 1.73 bits per heavy atom. The Balaban J connectivity index is 2.06. The smallest absolute Gasteiger partial charge is 0.309 e. The van der Waals surface area contributed by atoms with Gasteiger partial charge in [-0.3, -0.25) is 9.59 Å². The molecule has 0 saturated heterocycles. The molecule has 0 aromatic heterocycles. The van der Waals surface area contributed by atoms with Crippen LogP contribution in [0.3, 0.4) is 0 Å². The summed E-state index contributed by atoms with van der Waals surface area (Å²) in [4.78, 5) is 24.1. The first-order chi connectivity index (χ1) is 23.3. The average molecular weight is 681 g/mol. The standard InChI is InChI=1S/C40H72O8/c1-3-5-7-8-9-10-11-12-13-14-15-16-17-18-19-21-26-39(45)47-31-34(42)32-48-40(46)27-23-22-25-35-36(38(44)30-37(35)43)29-28-33(41)24-20-6-4-2/h22-23,28-29,33-38,41-44H,3-21,24-27,30-32H2,1-2H3/b23-22-,29-28+/t33-,34+,35+,36-,37+,38-/m1/s1. The van der Waals surface area contributed by atoms with E-state index in [1.54, 1.807) is 18.2 Å². The number of rotatable bonds is 31. The molecule has 4 N–H and O–H groups in total. The molecule has 0 aliphatic heterocycles. The van der Waals surface area contributed by atoms with E-state index in [1.807, 2.05) is 6.08 Å². The van der Waals surface area contributed by atoms with Crippen molar-refractivity contribution >= 4 is 11.9 Å². The molecule has 1 aliphatic carbocycles. The van der Waals surface area contributed by atoms with Gasteiger partial charge in [-0.2, -0.15) is 0 Å². The maximum absolute atomic E-state index is 12.1. The second kappa shape index (κ2) is 30.1. The van der Waals surface area contributed by atoms with Crippen LogP contribution in [-0.4, -0.2) is 70.0 Å². The number of esters is 2. The van der Waals surface area contributed by atoms with E-state index in [-0.39, 0.29) is 43.9 Å². The number of unbranched alkanes of at least 4 members (excludes halogenated alkanes) is 17. The van der Waals surface area contributed by atoms with Gasteiger partial charge < -0.3 is 29.9 Å². The van der Waals surface area contributed by atoms with E-state index < -0.39 is 30.4 Å². The van der Waals surface area contributed by atoms with Crippen LogP contribution in [0, 0.1) is 11.8 Å². The highest BCUT2D eigenvalue weighted by molar-refractivity contribution is 5.71. The second-order valence-electron chi connectivity index (χ2n) is 14.0. The zero-order valence-electron chi connectivity index (χ0n) is 30.6. The third kappa shape index (κ3) is 23.6. The molecule has 1 aliphatic rings. The third-order valence-electron chi connectivity index (χ3n) is 9.54. The Morgan fingerprint density at radius 1 is 0.667 bits per heavy atom. The lowest BCUT2D eigenvalue weighted by Crippen LogP contribution is -2.25. The molecule has 280 valence electrons. The fourth-order valence-corrected chi connectivity index (χ4v) is 6.47. The van der Waals surface area contributed by atoms with E-state index in [1.165, 1.54) is 83.5 Å².